The van der Waals surface area contributed by atoms with Gasteiger partial charge in [-0.1, -0.05) is 35.9 Å². The van der Waals surface area contributed by atoms with Gasteiger partial charge in [-0.15, -0.1) is 0 Å². The molecule has 2 N–H and O–H groups in total. The zero-order chi connectivity index (χ0) is 11.4. The highest BCUT2D eigenvalue weighted by Crippen LogP contribution is 2.16. The molecule has 0 saturated heterocycles. The van der Waals surface area contributed by atoms with Crippen LogP contribution in [0.1, 0.15) is 11.1 Å². The first kappa shape index (κ1) is 10.6. The number of hydrogen-bond donors (Lipinski definition) is 2. The molecule has 0 spiro atoms. The number of hydrogen-bond acceptors (Lipinski definition) is 2. The highest BCUT2D eigenvalue weighted by molar-refractivity contribution is 5.56. The van der Waals surface area contributed by atoms with Gasteiger partial charge < -0.3 is 10.9 Å². The van der Waals surface area contributed by atoms with Gasteiger partial charge in [-0.05, 0) is 37.6 Å². The molecule has 16 heavy (non-hydrogen) atoms. The van der Waals surface area contributed by atoms with Gasteiger partial charge in [0.2, 0.25) is 0 Å². The van der Waals surface area contributed by atoms with Crippen LogP contribution in [0.3, 0.4) is 0 Å². The number of nitrogens with one attached hydrogen (secondary N) is 2. The Morgan fingerprint density at radius 2 is 1.56 bits per heavy atom. The fourth-order valence-electron chi connectivity index (χ4n) is 1.61. The molecule has 2 nitrogen and oxygen atoms in total. The predicted molar refractivity (Wildman–Crippen MR) is 69.6 cm³/mol. The topological polar surface area (TPSA) is 24.1 Å². The van der Waals surface area contributed by atoms with Crippen molar-refractivity contribution in [2.75, 3.05) is 10.9 Å². The molecule has 0 amide bonds. The van der Waals surface area contributed by atoms with Crippen LogP contribution in [0.25, 0.3) is 0 Å². The maximum atomic E-state index is 3.21. The minimum absolute atomic E-state index is 1.06. The summed E-state index contributed by atoms with van der Waals surface area (Å²) in [6.45, 7) is 4.20. The summed E-state index contributed by atoms with van der Waals surface area (Å²) < 4.78 is 0. The van der Waals surface area contributed by atoms with E-state index in [1.54, 1.807) is 0 Å². The summed E-state index contributed by atoms with van der Waals surface area (Å²) in [5.41, 5.74) is 11.1. The molecule has 0 saturated carbocycles. The molecule has 0 fully saturated rings. The van der Waals surface area contributed by atoms with Gasteiger partial charge in [0.1, 0.15) is 0 Å². The zero-order valence-corrected chi connectivity index (χ0v) is 9.62. The van der Waals surface area contributed by atoms with Gasteiger partial charge in [-0.25, -0.2) is 0 Å². The van der Waals surface area contributed by atoms with Crippen LogP contribution >= 0.6 is 0 Å². The second-order valence-corrected chi connectivity index (χ2v) is 3.93. The molecule has 0 unspecified atom stereocenters. The molecule has 0 atom stereocenters. The van der Waals surface area contributed by atoms with E-state index >= 15 is 0 Å². The minimum Gasteiger partial charge on any atom is -0.301 e. The van der Waals surface area contributed by atoms with E-state index in [1.807, 2.05) is 30.3 Å². The first-order valence-electron chi connectivity index (χ1n) is 5.40. The predicted octanol–water partition coefficient (Wildman–Crippen LogP) is 3.74. The molecule has 0 bridgehead atoms. The average molecular weight is 212 g/mol. The van der Waals surface area contributed by atoms with E-state index in [2.05, 4.69) is 42.9 Å². The fourth-order valence-corrected chi connectivity index (χ4v) is 1.61. The highest BCUT2D eigenvalue weighted by atomic mass is 15.4. The number of rotatable bonds is 3. The molecule has 2 rings (SSSR count). The maximum absolute atomic E-state index is 3.21. The van der Waals surface area contributed by atoms with Crippen LogP contribution in [0.2, 0.25) is 0 Å². The van der Waals surface area contributed by atoms with Crippen LogP contribution in [-0.2, 0) is 0 Å². The number of hydrazine groups is 1. The zero-order valence-electron chi connectivity index (χ0n) is 9.62. The first-order valence-corrected chi connectivity index (χ1v) is 5.40. The van der Waals surface area contributed by atoms with Gasteiger partial charge >= 0.3 is 0 Å². The summed E-state index contributed by atoms with van der Waals surface area (Å²) in [5.74, 6) is 0. The van der Waals surface area contributed by atoms with E-state index in [9.17, 15) is 0 Å². The van der Waals surface area contributed by atoms with Crippen molar-refractivity contribution in [1.82, 2.24) is 0 Å². The van der Waals surface area contributed by atoms with Crippen LogP contribution in [0, 0.1) is 13.8 Å². The molecule has 0 heterocycles. The summed E-state index contributed by atoms with van der Waals surface area (Å²) in [7, 11) is 0. The third kappa shape index (κ3) is 2.54. The van der Waals surface area contributed by atoms with Gasteiger partial charge in [0.05, 0.1) is 11.4 Å². The van der Waals surface area contributed by atoms with Crippen molar-refractivity contribution in [2.24, 2.45) is 0 Å². The van der Waals surface area contributed by atoms with Crippen molar-refractivity contribution in [3.63, 3.8) is 0 Å². The van der Waals surface area contributed by atoms with Gasteiger partial charge in [0.25, 0.3) is 0 Å². The number of aryl methyl sites for hydroxylation is 2. The van der Waals surface area contributed by atoms with Crippen molar-refractivity contribution in [3.8, 4) is 0 Å². The molecular formula is C14H16N2. The summed E-state index contributed by atoms with van der Waals surface area (Å²) in [5, 5.41) is 0. The largest absolute Gasteiger partial charge is 0.301 e. The summed E-state index contributed by atoms with van der Waals surface area (Å²) in [4.78, 5) is 0. The summed E-state index contributed by atoms with van der Waals surface area (Å²) >= 11 is 0. The lowest BCUT2D eigenvalue weighted by atomic mass is 10.1. The Hall–Kier alpha value is -1.96. The molecule has 0 aliphatic heterocycles. The number of anilines is 2. The Labute approximate surface area is 96.3 Å². The van der Waals surface area contributed by atoms with Crippen LogP contribution in [-0.4, -0.2) is 0 Å². The Kier molecular flexibility index (Phi) is 3.10. The Balaban J connectivity index is 2.05. The van der Waals surface area contributed by atoms with Crippen LogP contribution in [0.4, 0.5) is 11.4 Å². The summed E-state index contributed by atoms with van der Waals surface area (Å²) in [6, 6.07) is 16.4. The van der Waals surface area contributed by atoms with Crippen molar-refractivity contribution in [1.29, 1.82) is 0 Å². The maximum Gasteiger partial charge on any atom is 0.0569 e. The molecule has 2 heteroatoms. The van der Waals surface area contributed by atoms with E-state index in [4.69, 9.17) is 0 Å². The van der Waals surface area contributed by atoms with E-state index in [0.717, 1.165) is 11.4 Å². The fraction of sp³-hybridized carbons (Fsp3) is 0.143. The molecule has 0 radical (unpaired) electrons. The van der Waals surface area contributed by atoms with Gasteiger partial charge in [0, 0.05) is 0 Å². The molecule has 0 aromatic heterocycles. The number of para-hydroxylation sites is 1. The van der Waals surface area contributed by atoms with Crippen molar-refractivity contribution in [2.45, 2.75) is 13.8 Å². The highest BCUT2D eigenvalue weighted by Gasteiger charge is 1.96. The van der Waals surface area contributed by atoms with Crippen LogP contribution in [0.15, 0.2) is 48.5 Å². The van der Waals surface area contributed by atoms with Gasteiger partial charge in [-0.2, -0.15) is 0 Å². The van der Waals surface area contributed by atoms with Crippen LogP contribution in [0.5, 0.6) is 0 Å². The first-order chi connectivity index (χ1) is 7.75. The lowest BCUT2D eigenvalue weighted by molar-refractivity contribution is 1.33. The third-order valence-corrected chi connectivity index (χ3v) is 2.50. The lowest BCUT2D eigenvalue weighted by Crippen LogP contribution is -2.09. The molecule has 2 aromatic rings. The smallest absolute Gasteiger partial charge is 0.0569 e. The Morgan fingerprint density at radius 3 is 2.25 bits per heavy atom. The average Bonchev–Trinajstić information content (AvgIpc) is 2.29. The molecule has 0 aliphatic carbocycles. The lowest BCUT2D eigenvalue weighted by Gasteiger charge is -2.12. The standard InChI is InChI=1S/C14H16N2/c1-11-8-9-14(12(2)10-11)16-15-13-6-4-3-5-7-13/h3-10,15-16H,1-2H3. The second-order valence-electron chi connectivity index (χ2n) is 3.93. The minimum atomic E-state index is 1.06. The van der Waals surface area contributed by atoms with Gasteiger partial charge in [0.15, 0.2) is 0 Å². The van der Waals surface area contributed by atoms with E-state index in [0.29, 0.717) is 0 Å². The third-order valence-electron chi connectivity index (χ3n) is 2.50. The van der Waals surface area contributed by atoms with E-state index in [-0.39, 0.29) is 0 Å². The second kappa shape index (κ2) is 4.71. The normalized spacial score (nSPS) is 9.88. The SMILES string of the molecule is Cc1ccc(NNc2ccccc2)c(C)c1. The van der Waals surface area contributed by atoms with Gasteiger partial charge in [-0.3, -0.25) is 0 Å². The van der Waals surface area contributed by atoms with Crippen molar-refractivity contribution < 1.29 is 0 Å². The quantitative estimate of drug-likeness (QED) is 0.757. The van der Waals surface area contributed by atoms with Crippen molar-refractivity contribution >= 4 is 11.4 Å². The molecule has 2 aromatic carbocycles. The van der Waals surface area contributed by atoms with E-state index < -0.39 is 0 Å². The number of benzene rings is 2. The molecule has 0 aliphatic rings. The monoisotopic (exact) mass is 212 g/mol. The molecule has 82 valence electrons. The van der Waals surface area contributed by atoms with E-state index in [1.165, 1.54) is 11.1 Å². The van der Waals surface area contributed by atoms with Crippen LogP contribution < -0.4 is 10.9 Å². The Morgan fingerprint density at radius 1 is 0.812 bits per heavy atom. The molecular weight excluding hydrogens is 196 g/mol. The summed E-state index contributed by atoms with van der Waals surface area (Å²) in [6.07, 6.45) is 0. The Bertz CT molecular complexity index is 463. The van der Waals surface area contributed by atoms with Crippen molar-refractivity contribution in [3.05, 3.63) is 59.7 Å².